The van der Waals surface area contributed by atoms with Crippen LogP contribution in [-0.2, 0) is 14.5 Å². The summed E-state index contributed by atoms with van der Waals surface area (Å²) in [6.45, 7) is 4.18. The molecule has 1 aliphatic heterocycles. The van der Waals surface area contributed by atoms with Crippen LogP contribution in [0.3, 0.4) is 0 Å². The number of rotatable bonds is 3. The topological polar surface area (TPSA) is 89.5 Å². The summed E-state index contributed by atoms with van der Waals surface area (Å²) in [5.41, 5.74) is 4.60. The summed E-state index contributed by atoms with van der Waals surface area (Å²) in [5.74, 6) is 0.214. The van der Waals surface area contributed by atoms with Gasteiger partial charge in [0, 0.05) is 12.6 Å². The van der Waals surface area contributed by atoms with Crippen molar-refractivity contribution in [3.05, 3.63) is 0 Å². The fourth-order valence-electron chi connectivity index (χ4n) is 1.09. The molecule has 0 aromatic heterocycles. The van der Waals surface area contributed by atoms with Crippen LogP contribution < -0.4 is 5.73 Å². The van der Waals surface area contributed by atoms with Crippen LogP contribution in [0, 0.1) is 5.92 Å². The molecule has 1 saturated heterocycles. The minimum absolute atomic E-state index is 0.0654. The summed E-state index contributed by atoms with van der Waals surface area (Å²) in [4.78, 5) is 10.2. The Morgan fingerprint density at radius 3 is 2.46 bits per heavy atom. The fourth-order valence-corrected chi connectivity index (χ4v) is 2.30. The molecule has 0 spiro atoms. The van der Waals surface area contributed by atoms with Gasteiger partial charge < -0.3 is 9.92 Å². The zero-order chi connectivity index (χ0) is 10.2. The maximum absolute atomic E-state index is 11.1. The molecule has 0 bridgehead atoms. The number of hydrogen-bond donors (Lipinski definition) is 1. The van der Waals surface area contributed by atoms with Gasteiger partial charge in [0.15, 0.2) is 0 Å². The van der Waals surface area contributed by atoms with Crippen LogP contribution in [0.1, 0.15) is 13.8 Å². The van der Waals surface area contributed by atoms with Gasteiger partial charge in [0.1, 0.15) is 0 Å². The zero-order valence-corrected chi connectivity index (χ0v) is 8.24. The van der Waals surface area contributed by atoms with Gasteiger partial charge in [0.25, 0.3) is 0 Å². The van der Waals surface area contributed by atoms with Crippen molar-refractivity contribution in [1.82, 2.24) is 4.31 Å². The molecule has 1 rings (SSSR count). The molecule has 1 amide bonds. The van der Waals surface area contributed by atoms with E-state index < -0.39 is 16.4 Å². The Morgan fingerprint density at radius 2 is 2.15 bits per heavy atom. The predicted octanol–water partition coefficient (Wildman–Crippen LogP) is -0.333. The molecule has 1 heterocycles. The Kier molecular flexibility index (Phi) is 2.49. The summed E-state index contributed by atoms with van der Waals surface area (Å²) in [6, 6.07) is -0.0654. The van der Waals surface area contributed by atoms with Crippen LogP contribution in [-0.4, -0.2) is 31.4 Å². The van der Waals surface area contributed by atoms with Gasteiger partial charge in [-0.3, -0.25) is 0 Å². The Morgan fingerprint density at radius 1 is 1.62 bits per heavy atom. The first-order chi connectivity index (χ1) is 5.84. The second kappa shape index (κ2) is 3.15. The van der Waals surface area contributed by atoms with Crippen molar-refractivity contribution < 1.29 is 17.4 Å². The van der Waals surface area contributed by atoms with E-state index in [1.165, 1.54) is 0 Å². The lowest BCUT2D eigenvalue weighted by Gasteiger charge is -2.05. The number of primary amides is 1. The highest BCUT2D eigenvalue weighted by atomic mass is 32.2. The second-order valence-corrected chi connectivity index (χ2v) is 4.73. The van der Waals surface area contributed by atoms with Gasteiger partial charge in [0.05, 0.1) is 0 Å². The van der Waals surface area contributed by atoms with E-state index in [1.807, 2.05) is 13.8 Å². The molecule has 13 heavy (non-hydrogen) atoms. The number of carbonyl (C=O) groups is 1. The number of carbonyl (C=O) groups excluding carboxylic acids is 1. The third kappa shape index (κ3) is 2.31. The third-order valence-corrected chi connectivity index (χ3v) is 3.22. The number of nitrogens with two attached hydrogens (primary N) is 1. The summed E-state index contributed by atoms with van der Waals surface area (Å²) in [7, 11) is -3.92. The summed E-state index contributed by atoms with van der Waals surface area (Å²) in [5, 5.41) is 0. The molecule has 76 valence electrons. The summed E-state index contributed by atoms with van der Waals surface area (Å²) in [6.07, 6.45) is -1.30. The second-order valence-electron chi connectivity index (χ2n) is 3.24. The smallest absolute Gasteiger partial charge is 0.334 e. The van der Waals surface area contributed by atoms with Gasteiger partial charge in [-0.1, -0.05) is 13.8 Å². The van der Waals surface area contributed by atoms with Crippen molar-refractivity contribution in [2.24, 2.45) is 11.7 Å². The maximum atomic E-state index is 11.1. The van der Waals surface area contributed by atoms with Crippen LogP contribution >= 0.6 is 0 Å². The van der Waals surface area contributed by atoms with Crippen molar-refractivity contribution in [1.29, 1.82) is 0 Å². The monoisotopic (exact) mass is 208 g/mol. The molecule has 0 aromatic rings. The van der Waals surface area contributed by atoms with E-state index in [4.69, 9.17) is 0 Å². The first-order valence-corrected chi connectivity index (χ1v) is 5.22. The molecule has 6 nitrogen and oxygen atoms in total. The Balaban J connectivity index is 2.60. The van der Waals surface area contributed by atoms with Crippen molar-refractivity contribution >= 4 is 16.4 Å². The van der Waals surface area contributed by atoms with Gasteiger partial charge in [-0.25, -0.2) is 4.79 Å². The highest BCUT2D eigenvalue weighted by molar-refractivity contribution is 7.85. The molecule has 0 aromatic carbocycles. The molecule has 0 saturated carbocycles. The van der Waals surface area contributed by atoms with Crippen molar-refractivity contribution in [3.8, 4) is 0 Å². The maximum Gasteiger partial charge on any atom is 0.421 e. The van der Waals surface area contributed by atoms with Crippen molar-refractivity contribution in [3.63, 3.8) is 0 Å². The van der Waals surface area contributed by atoms with E-state index in [0.717, 1.165) is 4.31 Å². The zero-order valence-electron chi connectivity index (χ0n) is 7.43. The normalized spacial score (nSPS) is 27.3. The summed E-state index contributed by atoms with van der Waals surface area (Å²) >= 11 is 0. The van der Waals surface area contributed by atoms with Crippen LogP contribution in [0.4, 0.5) is 4.79 Å². The lowest BCUT2D eigenvalue weighted by atomic mass is 10.1. The SMILES string of the molecule is CC(C)[C@@H]1CN1S(=O)(=O)OC(N)=O. The largest absolute Gasteiger partial charge is 0.421 e. The van der Waals surface area contributed by atoms with E-state index in [2.05, 4.69) is 9.92 Å². The number of hydrogen-bond acceptors (Lipinski definition) is 4. The lowest BCUT2D eigenvalue weighted by Crippen LogP contribution is -2.25. The van der Waals surface area contributed by atoms with Crippen LogP contribution in [0.5, 0.6) is 0 Å². The minimum atomic E-state index is -3.92. The Labute approximate surface area is 76.9 Å². The Bertz CT molecular complexity index is 311. The lowest BCUT2D eigenvalue weighted by molar-refractivity contribution is 0.210. The molecule has 1 fully saturated rings. The standard InChI is InChI=1S/C6H12N2O4S/c1-4(2)5-3-8(5)13(10,11)12-6(7)9/h4-5H,3H2,1-2H3,(H2,7,9)/t5-,8?/m0/s1. The first-order valence-electron chi connectivity index (χ1n) is 3.85. The average Bonchev–Trinajstić information content (AvgIpc) is 2.59. The highest BCUT2D eigenvalue weighted by Gasteiger charge is 2.47. The van der Waals surface area contributed by atoms with Crippen LogP contribution in [0.25, 0.3) is 0 Å². The van der Waals surface area contributed by atoms with Crippen LogP contribution in [0.2, 0.25) is 0 Å². The van der Waals surface area contributed by atoms with Gasteiger partial charge in [0.2, 0.25) is 0 Å². The van der Waals surface area contributed by atoms with E-state index in [9.17, 15) is 13.2 Å². The quantitative estimate of drug-likeness (QED) is 0.643. The van der Waals surface area contributed by atoms with E-state index >= 15 is 0 Å². The van der Waals surface area contributed by atoms with Gasteiger partial charge in [-0.2, -0.15) is 12.7 Å². The first kappa shape index (κ1) is 10.3. The van der Waals surface area contributed by atoms with Gasteiger partial charge in [-0.05, 0) is 5.92 Å². The van der Waals surface area contributed by atoms with Crippen molar-refractivity contribution in [2.75, 3.05) is 6.54 Å². The Hall–Kier alpha value is -0.820. The van der Waals surface area contributed by atoms with E-state index in [0.29, 0.717) is 6.54 Å². The molecular weight excluding hydrogens is 196 g/mol. The molecule has 0 radical (unpaired) electrons. The predicted molar refractivity (Wildman–Crippen MR) is 44.9 cm³/mol. The third-order valence-electron chi connectivity index (χ3n) is 1.85. The average molecular weight is 208 g/mol. The molecular formula is C6H12N2O4S. The van der Waals surface area contributed by atoms with Crippen molar-refractivity contribution in [2.45, 2.75) is 19.9 Å². The number of nitrogens with zero attached hydrogens (tertiary/aromatic N) is 1. The fraction of sp³-hybridized carbons (Fsp3) is 0.833. The highest BCUT2D eigenvalue weighted by Crippen LogP contribution is 2.29. The minimum Gasteiger partial charge on any atom is -0.334 e. The molecule has 2 N–H and O–H groups in total. The summed E-state index contributed by atoms with van der Waals surface area (Å²) < 4.78 is 27.3. The molecule has 0 aliphatic carbocycles. The van der Waals surface area contributed by atoms with Gasteiger partial charge in [-0.15, -0.1) is 0 Å². The molecule has 1 aliphatic rings. The molecule has 2 atom stereocenters. The van der Waals surface area contributed by atoms with Crippen LogP contribution in [0.15, 0.2) is 0 Å². The number of amides is 1. The van der Waals surface area contributed by atoms with E-state index in [1.54, 1.807) is 0 Å². The van der Waals surface area contributed by atoms with E-state index in [-0.39, 0.29) is 12.0 Å². The molecule has 1 unspecified atom stereocenters. The van der Waals surface area contributed by atoms with Gasteiger partial charge >= 0.3 is 16.4 Å². The molecule has 7 heteroatoms.